The molecule has 1 atom stereocenters. The molecule has 0 aliphatic carbocycles. The fourth-order valence-electron chi connectivity index (χ4n) is 3.07. The Morgan fingerprint density at radius 2 is 2.23 bits per heavy atom. The minimum Gasteiger partial charge on any atom is -0.334 e. The van der Waals surface area contributed by atoms with Crippen LogP contribution in [0.4, 0.5) is 0 Å². The van der Waals surface area contributed by atoms with Crippen molar-refractivity contribution < 1.29 is 4.79 Å². The Hall–Kier alpha value is -1.42. The van der Waals surface area contributed by atoms with Crippen LogP contribution in [0.5, 0.6) is 0 Å². The summed E-state index contributed by atoms with van der Waals surface area (Å²) in [5, 5.41) is 3.43. The Morgan fingerprint density at radius 1 is 1.32 bits per heavy atom. The summed E-state index contributed by atoms with van der Waals surface area (Å²) in [7, 11) is 0. The van der Waals surface area contributed by atoms with Gasteiger partial charge in [-0.2, -0.15) is 0 Å². The van der Waals surface area contributed by atoms with Gasteiger partial charge in [0.25, 0.3) is 0 Å². The average molecular weight is 303 g/mol. The van der Waals surface area contributed by atoms with E-state index < -0.39 is 0 Å². The normalized spacial score (nSPS) is 18.7. The Balaban J connectivity index is 2.03. The number of hydrogen-bond donors (Lipinski definition) is 1. The fourth-order valence-corrected chi connectivity index (χ4v) is 3.07. The van der Waals surface area contributed by atoms with Crippen LogP contribution < -0.4 is 5.32 Å². The molecule has 1 aromatic heterocycles. The van der Waals surface area contributed by atoms with Crippen molar-refractivity contribution in [2.45, 2.75) is 64.5 Å². The highest BCUT2D eigenvalue weighted by Gasteiger charge is 2.24. The molecule has 0 radical (unpaired) electrons. The fraction of sp³-hybridized carbons (Fsp3) is 0.667. The summed E-state index contributed by atoms with van der Waals surface area (Å²) < 4.78 is 0. The van der Waals surface area contributed by atoms with E-state index in [9.17, 15) is 4.79 Å². The molecule has 2 rings (SSSR count). The Bertz CT molecular complexity index is 427. The minimum atomic E-state index is 0.297. The lowest BCUT2D eigenvalue weighted by atomic mass is 10.1. The molecule has 1 N–H and O–H groups in total. The predicted octanol–water partition coefficient (Wildman–Crippen LogP) is 3.13. The number of carbonyl (C=O) groups is 1. The Labute approximate surface area is 134 Å². The Morgan fingerprint density at radius 3 is 3.00 bits per heavy atom. The molecule has 1 unspecified atom stereocenters. The molecule has 0 aromatic carbocycles. The van der Waals surface area contributed by atoms with Crippen molar-refractivity contribution in [3.63, 3.8) is 0 Å². The van der Waals surface area contributed by atoms with E-state index in [4.69, 9.17) is 0 Å². The summed E-state index contributed by atoms with van der Waals surface area (Å²) in [5.41, 5.74) is 0.989. The molecular formula is C18H29N3O. The third-order valence-electron chi connectivity index (χ3n) is 4.36. The molecule has 122 valence electrons. The highest BCUT2D eigenvalue weighted by Crippen LogP contribution is 2.18. The van der Waals surface area contributed by atoms with Gasteiger partial charge in [0, 0.05) is 18.7 Å². The molecule has 1 saturated heterocycles. The quantitative estimate of drug-likeness (QED) is 0.787. The molecule has 1 amide bonds. The molecule has 0 spiro atoms. The SMILES string of the molecule is CCCCCC(=O)N(Cc1ccccn1)C1CCCNCC1. The van der Waals surface area contributed by atoms with Crippen LogP contribution in [0.15, 0.2) is 24.4 Å². The number of pyridine rings is 1. The summed E-state index contributed by atoms with van der Waals surface area (Å²) in [6.45, 7) is 4.90. The van der Waals surface area contributed by atoms with Crippen molar-refractivity contribution in [2.75, 3.05) is 13.1 Å². The van der Waals surface area contributed by atoms with Gasteiger partial charge in [-0.05, 0) is 50.9 Å². The van der Waals surface area contributed by atoms with Gasteiger partial charge in [-0.3, -0.25) is 9.78 Å². The van der Waals surface area contributed by atoms with Crippen molar-refractivity contribution in [2.24, 2.45) is 0 Å². The van der Waals surface area contributed by atoms with E-state index >= 15 is 0 Å². The van der Waals surface area contributed by atoms with Crippen LogP contribution in [-0.4, -0.2) is 34.9 Å². The van der Waals surface area contributed by atoms with Gasteiger partial charge in [0.2, 0.25) is 5.91 Å². The lowest BCUT2D eigenvalue weighted by Gasteiger charge is -2.31. The van der Waals surface area contributed by atoms with Crippen LogP contribution in [0.3, 0.4) is 0 Å². The first-order valence-corrected chi connectivity index (χ1v) is 8.71. The first-order chi connectivity index (χ1) is 10.8. The van der Waals surface area contributed by atoms with Crippen LogP contribution in [-0.2, 0) is 11.3 Å². The predicted molar refractivity (Wildman–Crippen MR) is 89.4 cm³/mol. The number of carbonyl (C=O) groups excluding carboxylic acids is 1. The third kappa shape index (κ3) is 5.41. The summed E-state index contributed by atoms with van der Waals surface area (Å²) in [5.74, 6) is 0.297. The van der Waals surface area contributed by atoms with Crippen molar-refractivity contribution in [3.05, 3.63) is 30.1 Å². The van der Waals surface area contributed by atoms with Crippen molar-refractivity contribution >= 4 is 5.91 Å². The largest absolute Gasteiger partial charge is 0.334 e. The first-order valence-electron chi connectivity index (χ1n) is 8.71. The number of rotatable bonds is 7. The molecule has 1 aromatic rings. The lowest BCUT2D eigenvalue weighted by Crippen LogP contribution is -2.40. The second kappa shape index (κ2) is 9.57. The summed E-state index contributed by atoms with van der Waals surface area (Å²) >= 11 is 0. The van der Waals surface area contributed by atoms with Gasteiger partial charge in [0.15, 0.2) is 0 Å². The number of hydrogen-bond acceptors (Lipinski definition) is 3. The zero-order valence-electron chi connectivity index (χ0n) is 13.8. The molecule has 0 saturated carbocycles. The van der Waals surface area contributed by atoms with Crippen molar-refractivity contribution in [3.8, 4) is 0 Å². The molecule has 4 nitrogen and oxygen atoms in total. The van der Waals surface area contributed by atoms with Gasteiger partial charge >= 0.3 is 0 Å². The monoisotopic (exact) mass is 303 g/mol. The van der Waals surface area contributed by atoms with Gasteiger partial charge in [0.05, 0.1) is 12.2 Å². The van der Waals surface area contributed by atoms with Crippen LogP contribution in [0, 0.1) is 0 Å². The molecule has 4 heteroatoms. The summed E-state index contributed by atoms with van der Waals surface area (Å²) in [4.78, 5) is 19.2. The molecule has 1 aliphatic heterocycles. The zero-order valence-corrected chi connectivity index (χ0v) is 13.8. The van der Waals surface area contributed by atoms with Crippen LogP contribution in [0.1, 0.15) is 57.6 Å². The van der Waals surface area contributed by atoms with Gasteiger partial charge in [0.1, 0.15) is 0 Å². The van der Waals surface area contributed by atoms with Crippen molar-refractivity contribution in [1.29, 1.82) is 0 Å². The maximum atomic E-state index is 12.7. The lowest BCUT2D eigenvalue weighted by molar-refractivity contribution is -0.134. The molecule has 2 heterocycles. The number of amides is 1. The van der Waals surface area contributed by atoms with Gasteiger partial charge in [-0.15, -0.1) is 0 Å². The van der Waals surface area contributed by atoms with E-state index in [0.717, 1.165) is 57.3 Å². The molecular weight excluding hydrogens is 274 g/mol. The van der Waals surface area contributed by atoms with E-state index in [2.05, 4.69) is 22.1 Å². The second-order valence-corrected chi connectivity index (χ2v) is 6.13. The minimum absolute atomic E-state index is 0.297. The van der Waals surface area contributed by atoms with E-state index in [1.54, 1.807) is 0 Å². The highest BCUT2D eigenvalue weighted by atomic mass is 16.2. The van der Waals surface area contributed by atoms with Gasteiger partial charge < -0.3 is 10.2 Å². The van der Waals surface area contributed by atoms with E-state index in [1.165, 1.54) is 0 Å². The molecule has 1 aliphatic rings. The molecule has 1 fully saturated rings. The second-order valence-electron chi connectivity index (χ2n) is 6.13. The number of nitrogens with one attached hydrogen (secondary N) is 1. The highest BCUT2D eigenvalue weighted by molar-refractivity contribution is 5.76. The number of unbranched alkanes of at least 4 members (excludes halogenated alkanes) is 2. The van der Waals surface area contributed by atoms with E-state index in [-0.39, 0.29) is 0 Å². The summed E-state index contributed by atoms with van der Waals surface area (Å²) in [6.07, 6.45) is 9.06. The maximum absolute atomic E-state index is 12.7. The smallest absolute Gasteiger partial charge is 0.223 e. The summed E-state index contributed by atoms with van der Waals surface area (Å²) in [6, 6.07) is 6.29. The zero-order chi connectivity index (χ0) is 15.6. The van der Waals surface area contributed by atoms with E-state index in [0.29, 0.717) is 24.9 Å². The molecule has 0 bridgehead atoms. The van der Waals surface area contributed by atoms with Crippen LogP contribution in [0.25, 0.3) is 0 Å². The third-order valence-corrected chi connectivity index (χ3v) is 4.36. The topological polar surface area (TPSA) is 45.2 Å². The van der Waals surface area contributed by atoms with Crippen molar-refractivity contribution in [1.82, 2.24) is 15.2 Å². The maximum Gasteiger partial charge on any atom is 0.223 e. The van der Waals surface area contributed by atoms with Crippen LogP contribution in [0.2, 0.25) is 0 Å². The first kappa shape index (κ1) is 16.9. The number of nitrogens with zero attached hydrogens (tertiary/aromatic N) is 2. The van der Waals surface area contributed by atoms with Gasteiger partial charge in [-0.25, -0.2) is 0 Å². The van der Waals surface area contributed by atoms with Crippen LogP contribution >= 0.6 is 0 Å². The average Bonchev–Trinajstić information content (AvgIpc) is 2.83. The number of aromatic nitrogens is 1. The standard InChI is InChI=1S/C18H29N3O/c1-2-3-4-10-18(22)21(15-16-8-5-6-13-20-16)17-9-7-12-19-14-11-17/h5-6,8,13,17,19H,2-4,7,9-12,14-15H2,1H3. The Kier molecular flexibility index (Phi) is 7.37. The van der Waals surface area contributed by atoms with E-state index in [1.807, 2.05) is 24.4 Å². The molecule has 22 heavy (non-hydrogen) atoms. The van der Waals surface area contributed by atoms with Gasteiger partial charge in [-0.1, -0.05) is 25.8 Å².